The molecule has 0 spiro atoms. The summed E-state index contributed by atoms with van der Waals surface area (Å²) in [6.45, 7) is 1.97. The van der Waals surface area contributed by atoms with E-state index in [1.807, 2.05) is 69.9 Å². The van der Waals surface area contributed by atoms with Crippen LogP contribution in [0.2, 0.25) is 0 Å². The molecule has 5 rings (SSSR count). The molecule has 0 N–H and O–H groups in total. The Morgan fingerprint density at radius 3 is 2.66 bits per heavy atom. The lowest BCUT2D eigenvalue weighted by Crippen LogP contribution is -2.33. The summed E-state index contributed by atoms with van der Waals surface area (Å²) in [4.78, 5) is 19.9. The number of hydrogen-bond acceptors (Lipinski definition) is 3. The van der Waals surface area contributed by atoms with Crippen molar-refractivity contribution in [1.29, 1.82) is 0 Å². The van der Waals surface area contributed by atoms with E-state index in [1.54, 1.807) is 0 Å². The fourth-order valence-electron chi connectivity index (χ4n) is 4.09. The number of hydrogen-bond donors (Lipinski definition) is 0. The molecule has 3 heterocycles. The van der Waals surface area contributed by atoms with Gasteiger partial charge in [-0.1, -0.05) is 48.5 Å². The highest BCUT2D eigenvalue weighted by Gasteiger charge is 2.24. The van der Waals surface area contributed by atoms with Crippen molar-refractivity contribution in [2.24, 2.45) is 7.05 Å². The zero-order valence-electron chi connectivity index (χ0n) is 16.5. The van der Waals surface area contributed by atoms with Crippen molar-refractivity contribution in [3.05, 3.63) is 83.6 Å². The third-order valence-corrected chi connectivity index (χ3v) is 5.60. The van der Waals surface area contributed by atoms with Crippen molar-refractivity contribution in [3.8, 4) is 0 Å². The van der Waals surface area contributed by atoms with Crippen molar-refractivity contribution < 1.29 is 4.79 Å². The van der Waals surface area contributed by atoms with Gasteiger partial charge in [-0.2, -0.15) is 5.10 Å². The Balaban J connectivity index is 1.33. The van der Waals surface area contributed by atoms with Gasteiger partial charge in [0.05, 0.1) is 12.1 Å². The molecule has 4 aromatic rings. The highest BCUT2D eigenvalue weighted by atomic mass is 16.2. The molecule has 0 bridgehead atoms. The lowest BCUT2D eigenvalue weighted by Gasteiger charge is -2.19. The molecule has 0 atom stereocenters. The number of carbonyl (C=O) groups excluding carboxylic acids is 1. The van der Waals surface area contributed by atoms with Gasteiger partial charge in [-0.3, -0.25) is 4.79 Å². The zero-order chi connectivity index (χ0) is 19.8. The molecule has 1 aliphatic rings. The number of carbonyl (C=O) groups is 1. The number of benzene rings is 2. The maximum absolute atomic E-state index is 13.2. The van der Waals surface area contributed by atoms with Gasteiger partial charge in [0.15, 0.2) is 5.82 Å². The van der Waals surface area contributed by atoms with Crippen LogP contribution in [0.25, 0.3) is 10.9 Å². The lowest BCUT2D eigenvalue weighted by molar-refractivity contribution is 0.0760. The zero-order valence-corrected chi connectivity index (χ0v) is 16.5. The van der Waals surface area contributed by atoms with E-state index in [0.29, 0.717) is 19.6 Å². The van der Waals surface area contributed by atoms with Crippen LogP contribution in [0, 0.1) is 0 Å². The summed E-state index contributed by atoms with van der Waals surface area (Å²) in [5.74, 6) is 1.89. The number of aromatic nitrogens is 4. The molecule has 2 aromatic heterocycles. The van der Waals surface area contributed by atoms with Gasteiger partial charge in [0.1, 0.15) is 5.82 Å². The first-order chi connectivity index (χ1) is 14.2. The Kier molecular flexibility index (Phi) is 4.39. The Morgan fingerprint density at radius 2 is 1.79 bits per heavy atom. The summed E-state index contributed by atoms with van der Waals surface area (Å²) >= 11 is 0. The van der Waals surface area contributed by atoms with Crippen LogP contribution in [0.3, 0.4) is 0 Å². The van der Waals surface area contributed by atoms with Crippen LogP contribution < -0.4 is 0 Å². The Bertz CT molecular complexity index is 1150. The maximum atomic E-state index is 13.2. The average molecular weight is 385 g/mol. The molecule has 0 radical (unpaired) electrons. The molecular weight excluding hydrogens is 362 g/mol. The summed E-state index contributed by atoms with van der Waals surface area (Å²) in [6, 6.07) is 18.3. The van der Waals surface area contributed by atoms with E-state index in [1.165, 1.54) is 5.56 Å². The molecule has 29 heavy (non-hydrogen) atoms. The Morgan fingerprint density at radius 1 is 1.00 bits per heavy atom. The van der Waals surface area contributed by atoms with Crippen molar-refractivity contribution in [3.63, 3.8) is 0 Å². The topological polar surface area (TPSA) is 56.0 Å². The van der Waals surface area contributed by atoms with Gasteiger partial charge in [0.25, 0.3) is 5.91 Å². The van der Waals surface area contributed by atoms with E-state index in [4.69, 9.17) is 10.1 Å². The minimum absolute atomic E-state index is 0.0806. The van der Waals surface area contributed by atoms with Crippen LogP contribution in [0.4, 0.5) is 0 Å². The van der Waals surface area contributed by atoms with Gasteiger partial charge >= 0.3 is 0 Å². The van der Waals surface area contributed by atoms with Crippen molar-refractivity contribution in [1.82, 2.24) is 24.2 Å². The number of fused-ring (bicyclic) bond motifs is 2. The maximum Gasteiger partial charge on any atom is 0.256 e. The van der Waals surface area contributed by atoms with E-state index in [-0.39, 0.29) is 5.91 Å². The largest absolute Gasteiger partial charge is 0.350 e. The number of para-hydroxylation sites is 1. The fraction of sp³-hybridized carbons (Fsp3) is 0.261. The van der Waals surface area contributed by atoms with Gasteiger partial charge in [0, 0.05) is 50.1 Å². The normalized spacial score (nSPS) is 14.0. The average Bonchev–Trinajstić information content (AvgIpc) is 3.22. The van der Waals surface area contributed by atoms with Gasteiger partial charge in [0.2, 0.25) is 0 Å². The van der Waals surface area contributed by atoms with Crippen molar-refractivity contribution in [2.75, 3.05) is 13.1 Å². The van der Waals surface area contributed by atoms with Crippen LogP contribution in [0.15, 0.2) is 60.8 Å². The van der Waals surface area contributed by atoms with Crippen LogP contribution in [-0.4, -0.2) is 43.2 Å². The van der Waals surface area contributed by atoms with Crippen LogP contribution in [-0.2, 0) is 26.4 Å². The quantitative estimate of drug-likeness (QED) is 0.545. The first kappa shape index (κ1) is 17.7. The molecule has 146 valence electrons. The molecule has 0 aliphatic carbocycles. The molecule has 0 fully saturated rings. The molecule has 6 nitrogen and oxygen atoms in total. The molecule has 0 unspecified atom stereocenters. The van der Waals surface area contributed by atoms with Gasteiger partial charge in [-0.05, 0) is 11.6 Å². The number of nitrogens with zero attached hydrogens (tertiary/aromatic N) is 5. The molecule has 0 saturated carbocycles. The predicted molar refractivity (Wildman–Crippen MR) is 112 cm³/mol. The van der Waals surface area contributed by atoms with Gasteiger partial charge < -0.3 is 9.47 Å². The van der Waals surface area contributed by atoms with Gasteiger partial charge in [-0.25, -0.2) is 9.67 Å². The molecule has 1 aliphatic heterocycles. The smallest absolute Gasteiger partial charge is 0.256 e. The summed E-state index contributed by atoms with van der Waals surface area (Å²) in [6.07, 6.45) is 3.39. The summed E-state index contributed by atoms with van der Waals surface area (Å²) in [7, 11) is 1.98. The van der Waals surface area contributed by atoms with Crippen LogP contribution in [0.5, 0.6) is 0 Å². The third kappa shape index (κ3) is 3.31. The molecule has 2 aromatic carbocycles. The predicted octanol–water partition coefficient (Wildman–Crippen LogP) is 3.06. The second-order valence-corrected chi connectivity index (χ2v) is 7.54. The minimum atomic E-state index is 0.0806. The number of aryl methyl sites for hydroxylation is 1. The standard InChI is InChI=1S/C23H23N5O/c1-26-16-19(18-9-5-6-10-20(18)26)23(29)27-12-11-22-24-21(25-28(22)14-13-27)15-17-7-3-2-4-8-17/h2-10,16H,11-15H2,1H3. The van der Waals surface area contributed by atoms with Crippen LogP contribution in [0.1, 0.15) is 27.6 Å². The molecule has 1 amide bonds. The van der Waals surface area contributed by atoms with E-state index < -0.39 is 0 Å². The fourth-order valence-corrected chi connectivity index (χ4v) is 4.09. The van der Waals surface area contributed by atoms with Crippen LogP contribution >= 0.6 is 0 Å². The first-order valence-corrected chi connectivity index (χ1v) is 9.99. The SMILES string of the molecule is Cn1cc(C(=O)N2CCc3nc(Cc4ccccc4)nn3CC2)c2ccccc21. The Hall–Kier alpha value is -3.41. The van der Waals surface area contributed by atoms with E-state index in [2.05, 4.69) is 12.1 Å². The van der Waals surface area contributed by atoms with E-state index >= 15 is 0 Å². The molecule has 0 saturated heterocycles. The first-order valence-electron chi connectivity index (χ1n) is 9.99. The number of amides is 1. The second kappa shape index (κ2) is 7.20. The summed E-state index contributed by atoms with van der Waals surface area (Å²) in [5, 5.41) is 5.69. The molecular formula is C23H23N5O. The molecule has 6 heteroatoms. The van der Waals surface area contributed by atoms with Crippen molar-refractivity contribution >= 4 is 16.8 Å². The monoisotopic (exact) mass is 385 g/mol. The van der Waals surface area contributed by atoms with Gasteiger partial charge in [-0.15, -0.1) is 0 Å². The Labute approximate surface area is 169 Å². The minimum Gasteiger partial charge on any atom is -0.350 e. The van der Waals surface area contributed by atoms with E-state index in [0.717, 1.165) is 41.0 Å². The summed E-state index contributed by atoms with van der Waals surface area (Å²) in [5.41, 5.74) is 3.05. The third-order valence-electron chi connectivity index (χ3n) is 5.60. The highest BCUT2D eigenvalue weighted by Crippen LogP contribution is 2.22. The lowest BCUT2D eigenvalue weighted by atomic mass is 10.1. The van der Waals surface area contributed by atoms with Crippen molar-refractivity contribution in [2.45, 2.75) is 19.4 Å². The van der Waals surface area contributed by atoms with E-state index in [9.17, 15) is 4.79 Å². The second-order valence-electron chi connectivity index (χ2n) is 7.54. The summed E-state index contributed by atoms with van der Waals surface area (Å²) < 4.78 is 3.98. The highest BCUT2D eigenvalue weighted by molar-refractivity contribution is 6.07. The number of rotatable bonds is 3.